The first-order valence-electron chi connectivity index (χ1n) is 5.13. The highest BCUT2D eigenvalue weighted by Crippen LogP contribution is 2.01. The van der Waals surface area contributed by atoms with Crippen LogP contribution in [0.4, 0.5) is 4.79 Å². The molecule has 0 aliphatic carbocycles. The van der Waals surface area contributed by atoms with Crippen LogP contribution in [0.1, 0.15) is 6.92 Å². The number of rotatable bonds is 3. The second-order valence-electron chi connectivity index (χ2n) is 3.97. The van der Waals surface area contributed by atoms with Crippen LogP contribution in [0.2, 0.25) is 0 Å². The number of nitrogens with zero attached hydrogens (tertiary/aromatic N) is 1. The van der Waals surface area contributed by atoms with Gasteiger partial charge in [0.15, 0.2) is 5.60 Å². The molecule has 1 heterocycles. The van der Waals surface area contributed by atoms with Crippen molar-refractivity contribution in [3.8, 4) is 0 Å². The summed E-state index contributed by atoms with van der Waals surface area (Å²) in [6.07, 6.45) is 0. The van der Waals surface area contributed by atoms with E-state index in [0.717, 1.165) is 20.0 Å². The number of hydrogen-bond donors (Lipinski definition) is 4. The fraction of sp³-hybridized carbons (Fsp3) is 0.778. The van der Waals surface area contributed by atoms with Crippen LogP contribution in [0.15, 0.2) is 0 Å². The Labute approximate surface area is 93.4 Å². The number of nitrogens with one attached hydrogen (secondary N) is 2. The Hall–Kier alpha value is -1.34. The lowest BCUT2D eigenvalue weighted by Gasteiger charge is -2.28. The lowest BCUT2D eigenvalue weighted by atomic mass is 10.1. The van der Waals surface area contributed by atoms with Gasteiger partial charge in [0.1, 0.15) is 0 Å². The Balaban J connectivity index is 2.37. The monoisotopic (exact) mass is 231 g/mol. The third kappa shape index (κ3) is 3.35. The number of amides is 2. The summed E-state index contributed by atoms with van der Waals surface area (Å²) >= 11 is 0. The van der Waals surface area contributed by atoms with Crippen molar-refractivity contribution in [2.45, 2.75) is 12.5 Å². The predicted molar refractivity (Wildman–Crippen MR) is 56.1 cm³/mol. The van der Waals surface area contributed by atoms with Gasteiger partial charge in [0.2, 0.25) is 0 Å². The topological polar surface area (TPSA) is 102 Å². The molecular weight excluding hydrogens is 214 g/mol. The van der Waals surface area contributed by atoms with Crippen LogP contribution in [0.25, 0.3) is 0 Å². The summed E-state index contributed by atoms with van der Waals surface area (Å²) in [4.78, 5) is 23.7. The molecule has 0 spiro atoms. The Bertz CT molecular complexity index is 274. The number of aliphatic carboxylic acids is 1. The second-order valence-corrected chi connectivity index (χ2v) is 3.97. The van der Waals surface area contributed by atoms with Crippen molar-refractivity contribution in [3.05, 3.63) is 0 Å². The molecule has 1 rings (SSSR count). The molecule has 1 unspecified atom stereocenters. The smallest absolute Gasteiger partial charge is 0.337 e. The molecule has 1 saturated heterocycles. The van der Waals surface area contributed by atoms with Gasteiger partial charge >= 0.3 is 12.0 Å². The zero-order valence-corrected chi connectivity index (χ0v) is 9.19. The van der Waals surface area contributed by atoms with Gasteiger partial charge in [-0.05, 0) is 6.92 Å². The molecule has 0 aromatic carbocycles. The van der Waals surface area contributed by atoms with Gasteiger partial charge in [0, 0.05) is 26.2 Å². The van der Waals surface area contributed by atoms with Gasteiger partial charge in [0.05, 0.1) is 6.54 Å². The van der Waals surface area contributed by atoms with E-state index in [-0.39, 0.29) is 12.6 Å². The summed E-state index contributed by atoms with van der Waals surface area (Å²) < 4.78 is 0. The lowest BCUT2D eigenvalue weighted by molar-refractivity contribution is -0.155. The molecule has 92 valence electrons. The Kier molecular flexibility index (Phi) is 4.08. The second kappa shape index (κ2) is 5.13. The van der Waals surface area contributed by atoms with Crippen LogP contribution in [-0.4, -0.2) is 65.4 Å². The van der Waals surface area contributed by atoms with E-state index in [1.807, 2.05) is 0 Å². The summed E-state index contributed by atoms with van der Waals surface area (Å²) in [5.74, 6) is -1.35. The van der Waals surface area contributed by atoms with Gasteiger partial charge in [-0.3, -0.25) is 0 Å². The van der Waals surface area contributed by atoms with Crippen molar-refractivity contribution in [2.24, 2.45) is 0 Å². The minimum Gasteiger partial charge on any atom is -0.479 e. The maximum atomic E-state index is 11.6. The maximum absolute atomic E-state index is 11.6. The number of urea groups is 1. The average Bonchev–Trinajstić information content (AvgIpc) is 2.27. The van der Waals surface area contributed by atoms with E-state index >= 15 is 0 Å². The number of piperazine rings is 1. The Morgan fingerprint density at radius 3 is 2.50 bits per heavy atom. The third-order valence-electron chi connectivity index (χ3n) is 2.45. The van der Waals surface area contributed by atoms with E-state index in [0.29, 0.717) is 13.1 Å². The molecular formula is C9H17N3O4. The number of aliphatic hydroxyl groups is 1. The molecule has 0 saturated carbocycles. The number of carbonyl (C=O) groups excluding carboxylic acids is 1. The van der Waals surface area contributed by atoms with Crippen LogP contribution >= 0.6 is 0 Å². The normalized spacial score (nSPS) is 20.0. The quantitative estimate of drug-likeness (QED) is 0.470. The van der Waals surface area contributed by atoms with E-state index in [1.54, 1.807) is 4.90 Å². The molecule has 7 heteroatoms. The van der Waals surface area contributed by atoms with Crippen molar-refractivity contribution in [1.82, 2.24) is 15.5 Å². The summed E-state index contributed by atoms with van der Waals surface area (Å²) in [7, 11) is 0. The standard InChI is InChI=1S/C9H17N3O4/c1-9(16,7(13)14)6-11-8(15)12-4-2-10-3-5-12/h10,16H,2-6H2,1H3,(H,11,15)(H,13,14). The lowest BCUT2D eigenvalue weighted by Crippen LogP contribution is -2.54. The highest BCUT2D eigenvalue weighted by atomic mass is 16.4. The van der Waals surface area contributed by atoms with E-state index < -0.39 is 11.6 Å². The van der Waals surface area contributed by atoms with Gasteiger partial charge in [-0.15, -0.1) is 0 Å². The molecule has 1 aliphatic rings. The van der Waals surface area contributed by atoms with Gasteiger partial charge in [0.25, 0.3) is 0 Å². The summed E-state index contributed by atoms with van der Waals surface area (Å²) in [6, 6.07) is -0.344. The number of hydrogen-bond acceptors (Lipinski definition) is 4. The van der Waals surface area contributed by atoms with Crippen LogP contribution in [0.3, 0.4) is 0 Å². The zero-order valence-electron chi connectivity index (χ0n) is 9.19. The SMILES string of the molecule is CC(O)(CNC(=O)N1CCNCC1)C(=O)O. The predicted octanol–water partition coefficient (Wildman–Crippen LogP) is -1.56. The number of carbonyl (C=O) groups is 2. The minimum absolute atomic E-state index is 0.301. The fourth-order valence-electron chi connectivity index (χ4n) is 1.30. The molecule has 1 aliphatic heterocycles. The van der Waals surface area contributed by atoms with Gasteiger partial charge in [-0.25, -0.2) is 9.59 Å². The van der Waals surface area contributed by atoms with Gasteiger partial charge in [-0.1, -0.05) is 0 Å². The summed E-state index contributed by atoms with van der Waals surface area (Å²) in [6.45, 7) is 3.46. The largest absolute Gasteiger partial charge is 0.479 e. The average molecular weight is 231 g/mol. The molecule has 0 bridgehead atoms. The van der Waals surface area contributed by atoms with Crippen LogP contribution in [0, 0.1) is 0 Å². The highest BCUT2D eigenvalue weighted by Gasteiger charge is 2.31. The molecule has 1 fully saturated rings. The van der Waals surface area contributed by atoms with E-state index in [2.05, 4.69) is 10.6 Å². The van der Waals surface area contributed by atoms with Gasteiger partial charge in [-0.2, -0.15) is 0 Å². The molecule has 2 amide bonds. The first kappa shape index (κ1) is 12.7. The van der Waals surface area contributed by atoms with E-state index in [9.17, 15) is 14.7 Å². The van der Waals surface area contributed by atoms with Crippen LogP contribution < -0.4 is 10.6 Å². The van der Waals surface area contributed by atoms with Crippen molar-refractivity contribution in [2.75, 3.05) is 32.7 Å². The van der Waals surface area contributed by atoms with Crippen molar-refractivity contribution >= 4 is 12.0 Å². The summed E-state index contributed by atoms with van der Waals surface area (Å²) in [5.41, 5.74) is -1.93. The first-order valence-corrected chi connectivity index (χ1v) is 5.13. The highest BCUT2D eigenvalue weighted by molar-refractivity contribution is 5.79. The van der Waals surface area contributed by atoms with Crippen molar-refractivity contribution in [3.63, 3.8) is 0 Å². The molecule has 0 radical (unpaired) electrons. The maximum Gasteiger partial charge on any atom is 0.337 e. The van der Waals surface area contributed by atoms with Crippen molar-refractivity contribution in [1.29, 1.82) is 0 Å². The molecule has 0 aromatic heterocycles. The fourth-order valence-corrected chi connectivity index (χ4v) is 1.30. The molecule has 0 aromatic rings. The number of carboxylic acids is 1. The van der Waals surface area contributed by atoms with Crippen LogP contribution in [0.5, 0.6) is 0 Å². The van der Waals surface area contributed by atoms with Gasteiger partial charge < -0.3 is 25.7 Å². The Morgan fingerprint density at radius 1 is 1.44 bits per heavy atom. The third-order valence-corrected chi connectivity index (χ3v) is 2.45. The van der Waals surface area contributed by atoms with Crippen LogP contribution in [-0.2, 0) is 4.79 Å². The zero-order chi connectivity index (χ0) is 12.2. The molecule has 16 heavy (non-hydrogen) atoms. The summed E-state index contributed by atoms with van der Waals surface area (Å²) in [5, 5.41) is 23.5. The minimum atomic E-state index is -1.93. The van der Waals surface area contributed by atoms with E-state index in [4.69, 9.17) is 5.11 Å². The first-order chi connectivity index (χ1) is 7.43. The Morgan fingerprint density at radius 2 is 2.00 bits per heavy atom. The molecule has 4 N–H and O–H groups in total. The van der Waals surface area contributed by atoms with Crippen molar-refractivity contribution < 1.29 is 19.8 Å². The molecule has 1 atom stereocenters. The molecule has 7 nitrogen and oxygen atoms in total. The van der Waals surface area contributed by atoms with E-state index in [1.165, 1.54) is 0 Å². The number of carboxylic acid groups (broad SMARTS) is 1.